The molecule has 0 saturated heterocycles. The molecule has 0 heterocycles. The largest absolute Gasteiger partial charge is 0.493 e. The Labute approximate surface area is 202 Å². The first-order chi connectivity index (χ1) is 15.7. The summed E-state index contributed by atoms with van der Waals surface area (Å²) in [5.41, 5.74) is 0.965. The predicted octanol–water partition coefficient (Wildman–Crippen LogP) is 4.54. The monoisotopic (exact) mass is 508 g/mol. The summed E-state index contributed by atoms with van der Waals surface area (Å²) in [7, 11) is -1.25. The lowest BCUT2D eigenvalue weighted by Crippen LogP contribution is -2.45. The summed E-state index contributed by atoms with van der Waals surface area (Å²) in [4.78, 5) is 13.1. The molecule has 0 aliphatic heterocycles. The van der Waals surface area contributed by atoms with Gasteiger partial charge in [-0.2, -0.15) is 4.72 Å². The Morgan fingerprint density at radius 3 is 2.15 bits per heavy atom. The van der Waals surface area contributed by atoms with Gasteiger partial charge in [-0.25, -0.2) is 8.42 Å². The SMILES string of the molecule is COc1ccc(S(=O)(=O)N[C@@H](Cc2ccccc2)C(=O)Nc2c(Cl)cccc2Cl)cc1OC. The van der Waals surface area contributed by atoms with Crippen LogP contribution in [-0.4, -0.2) is 34.6 Å². The molecule has 33 heavy (non-hydrogen) atoms. The van der Waals surface area contributed by atoms with E-state index in [1.54, 1.807) is 42.5 Å². The predicted molar refractivity (Wildman–Crippen MR) is 129 cm³/mol. The van der Waals surface area contributed by atoms with Gasteiger partial charge in [0, 0.05) is 6.07 Å². The molecule has 0 saturated carbocycles. The number of methoxy groups -OCH3 is 2. The van der Waals surface area contributed by atoms with Crippen molar-refractivity contribution in [3.05, 3.63) is 82.3 Å². The van der Waals surface area contributed by atoms with Gasteiger partial charge in [0.15, 0.2) is 11.5 Å². The Morgan fingerprint density at radius 1 is 0.909 bits per heavy atom. The van der Waals surface area contributed by atoms with Gasteiger partial charge in [0.1, 0.15) is 6.04 Å². The highest BCUT2D eigenvalue weighted by atomic mass is 35.5. The molecule has 0 radical (unpaired) electrons. The number of sulfonamides is 1. The number of anilines is 1. The van der Waals surface area contributed by atoms with E-state index in [9.17, 15) is 13.2 Å². The molecule has 174 valence electrons. The lowest BCUT2D eigenvalue weighted by atomic mass is 10.1. The molecule has 0 spiro atoms. The number of hydrogen-bond acceptors (Lipinski definition) is 5. The van der Waals surface area contributed by atoms with E-state index in [-0.39, 0.29) is 32.8 Å². The van der Waals surface area contributed by atoms with Crippen molar-refractivity contribution in [2.75, 3.05) is 19.5 Å². The van der Waals surface area contributed by atoms with Crippen molar-refractivity contribution < 1.29 is 22.7 Å². The third-order valence-electron chi connectivity index (χ3n) is 4.77. The second kappa shape index (κ2) is 10.9. The van der Waals surface area contributed by atoms with Crippen LogP contribution in [0.15, 0.2) is 71.6 Å². The Bertz CT molecular complexity index is 1220. The van der Waals surface area contributed by atoms with Crippen molar-refractivity contribution in [3.63, 3.8) is 0 Å². The number of para-hydroxylation sites is 1. The number of amides is 1. The van der Waals surface area contributed by atoms with Crippen molar-refractivity contribution >= 4 is 44.8 Å². The van der Waals surface area contributed by atoms with E-state index in [0.29, 0.717) is 5.75 Å². The van der Waals surface area contributed by atoms with Gasteiger partial charge in [0.25, 0.3) is 0 Å². The maximum Gasteiger partial charge on any atom is 0.242 e. The van der Waals surface area contributed by atoms with Gasteiger partial charge in [0.05, 0.1) is 34.8 Å². The number of carbonyl (C=O) groups excluding carboxylic acids is 1. The molecule has 1 atom stereocenters. The van der Waals surface area contributed by atoms with Crippen molar-refractivity contribution in [1.29, 1.82) is 0 Å². The minimum atomic E-state index is -4.11. The van der Waals surface area contributed by atoms with Gasteiger partial charge in [-0.15, -0.1) is 0 Å². The number of rotatable bonds is 9. The molecule has 0 aliphatic carbocycles. The summed E-state index contributed by atoms with van der Waals surface area (Å²) in [5.74, 6) is 0.00794. The molecular formula is C23H22Cl2N2O5S. The van der Waals surface area contributed by atoms with Crippen molar-refractivity contribution in [2.45, 2.75) is 17.4 Å². The van der Waals surface area contributed by atoms with E-state index < -0.39 is 22.0 Å². The average molecular weight is 509 g/mol. The highest BCUT2D eigenvalue weighted by Crippen LogP contribution is 2.31. The van der Waals surface area contributed by atoms with Gasteiger partial charge in [-0.05, 0) is 36.2 Å². The smallest absolute Gasteiger partial charge is 0.242 e. The van der Waals surface area contributed by atoms with Crippen LogP contribution in [0.2, 0.25) is 10.0 Å². The number of hydrogen-bond donors (Lipinski definition) is 2. The highest BCUT2D eigenvalue weighted by Gasteiger charge is 2.28. The Balaban J connectivity index is 1.93. The second-order valence-electron chi connectivity index (χ2n) is 6.97. The van der Waals surface area contributed by atoms with E-state index in [1.807, 2.05) is 6.07 Å². The lowest BCUT2D eigenvalue weighted by Gasteiger charge is -2.20. The zero-order chi connectivity index (χ0) is 24.0. The van der Waals surface area contributed by atoms with E-state index in [0.717, 1.165) is 5.56 Å². The normalized spacial score (nSPS) is 12.1. The molecule has 0 unspecified atom stereocenters. The summed E-state index contributed by atoms with van der Waals surface area (Å²) in [6.07, 6.45) is 0.0985. The van der Waals surface area contributed by atoms with Crippen LogP contribution in [0.5, 0.6) is 11.5 Å². The van der Waals surface area contributed by atoms with E-state index >= 15 is 0 Å². The number of nitrogens with one attached hydrogen (secondary N) is 2. The molecule has 0 bridgehead atoms. The Kier molecular flexibility index (Phi) is 8.20. The lowest BCUT2D eigenvalue weighted by molar-refractivity contribution is -0.117. The molecule has 10 heteroatoms. The van der Waals surface area contributed by atoms with Crippen LogP contribution >= 0.6 is 23.2 Å². The Morgan fingerprint density at radius 2 is 1.55 bits per heavy atom. The van der Waals surface area contributed by atoms with E-state index in [1.165, 1.54) is 32.4 Å². The maximum absolute atomic E-state index is 13.2. The van der Waals surface area contributed by atoms with Crippen LogP contribution in [0.4, 0.5) is 5.69 Å². The zero-order valence-electron chi connectivity index (χ0n) is 17.8. The van der Waals surface area contributed by atoms with Gasteiger partial charge in [0.2, 0.25) is 15.9 Å². The summed E-state index contributed by atoms with van der Waals surface area (Å²) in [5, 5.41) is 3.11. The van der Waals surface area contributed by atoms with E-state index in [4.69, 9.17) is 32.7 Å². The standard InChI is InChI=1S/C23H22Cl2N2O5S/c1-31-20-12-11-16(14-21(20)32-2)33(29,30)27-19(13-15-7-4-3-5-8-15)23(28)26-22-17(24)9-6-10-18(22)25/h3-12,14,19,27H,13H2,1-2H3,(H,26,28)/t19-/m0/s1. The van der Waals surface area contributed by atoms with Crippen molar-refractivity contribution in [2.24, 2.45) is 0 Å². The first-order valence-electron chi connectivity index (χ1n) is 9.78. The van der Waals surface area contributed by atoms with Crippen LogP contribution in [0.3, 0.4) is 0 Å². The van der Waals surface area contributed by atoms with Gasteiger partial charge in [-0.1, -0.05) is 59.6 Å². The van der Waals surface area contributed by atoms with Crippen LogP contribution in [0.25, 0.3) is 0 Å². The first-order valence-corrected chi connectivity index (χ1v) is 12.0. The van der Waals surface area contributed by atoms with Crippen LogP contribution in [0, 0.1) is 0 Å². The fourth-order valence-electron chi connectivity index (χ4n) is 3.10. The summed E-state index contributed by atoms with van der Waals surface area (Å²) >= 11 is 12.3. The molecule has 0 aliphatic rings. The quantitative estimate of drug-likeness (QED) is 0.442. The third kappa shape index (κ3) is 6.17. The molecule has 2 N–H and O–H groups in total. The first kappa shape index (κ1) is 24.9. The zero-order valence-corrected chi connectivity index (χ0v) is 20.2. The molecule has 3 aromatic rings. The average Bonchev–Trinajstić information content (AvgIpc) is 2.81. The van der Waals surface area contributed by atoms with Crippen molar-refractivity contribution in [1.82, 2.24) is 4.72 Å². The molecule has 3 rings (SSSR count). The van der Waals surface area contributed by atoms with Gasteiger partial charge < -0.3 is 14.8 Å². The number of carbonyl (C=O) groups is 1. The second-order valence-corrected chi connectivity index (χ2v) is 9.49. The Hall–Kier alpha value is -2.78. The van der Waals surface area contributed by atoms with Gasteiger partial charge in [-0.3, -0.25) is 4.79 Å². The molecule has 0 aromatic heterocycles. The number of halogens is 2. The summed E-state index contributed by atoms with van der Waals surface area (Å²) in [6, 6.07) is 16.8. The molecule has 1 amide bonds. The maximum atomic E-state index is 13.2. The third-order valence-corrected chi connectivity index (χ3v) is 6.87. The van der Waals surface area contributed by atoms with Crippen molar-refractivity contribution in [3.8, 4) is 11.5 Å². The molecule has 0 fully saturated rings. The molecule has 3 aromatic carbocycles. The topological polar surface area (TPSA) is 93.7 Å². The minimum absolute atomic E-state index is 0.0817. The molecule has 7 nitrogen and oxygen atoms in total. The number of ether oxygens (including phenoxy) is 2. The number of benzene rings is 3. The fraction of sp³-hybridized carbons (Fsp3) is 0.174. The summed E-state index contributed by atoms with van der Waals surface area (Å²) in [6.45, 7) is 0. The summed E-state index contributed by atoms with van der Waals surface area (Å²) < 4.78 is 39.1. The van der Waals surface area contributed by atoms with Crippen LogP contribution < -0.4 is 19.5 Å². The highest BCUT2D eigenvalue weighted by molar-refractivity contribution is 7.89. The van der Waals surface area contributed by atoms with Gasteiger partial charge >= 0.3 is 0 Å². The van der Waals surface area contributed by atoms with E-state index in [2.05, 4.69) is 10.0 Å². The van der Waals surface area contributed by atoms with Crippen LogP contribution in [0.1, 0.15) is 5.56 Å². The minimum Gasteiger partial charge on any atom is -0.493 e. The molecular weight excluding hydrogens is 487 g/mol. The van der Waals surface area contributed by atoms with Crippen LogP contribution in [-0.2, 0) is 21.2 Å². The fourth-order valence-corrected chi connectivity index (χ4v) is 4.81.